The monoisotopic (exact) mass is 558 g/mol. The molecule has 12 heteroatoms. The average molecular weight is 560 g/mol. The largest absolute Gasteiger partial charge is 0.502 e. The number of benzene rings is 2. The molecule has 36 heavy (non-hydrogen) atoms. The van der Waals surface area contributed by atoms with E-state index >= 15 is 0 Å². The second-order valence-electron chi connectivity index (χ2n) is 10.2. The van der Waals surface area contributed by atoms with Crippen LogP contribution in [0.5, 0.6) is 11.5 Å². The lowest BCUT2D eigenvalue weighted by Crippen LogP contribution is -2.45. The number of phenolic OH excluding ortho intramolecular Hbond substituents is 1. The van der Waals surface area contributed by atoms with E-state index in [0.29, 0.717) is 10.8 Å². The van der Waals surface area contributed by atoms with Crippen LogP contribution in [0.3, 0.4) is 0 Å². The molecule has 0 unspecified atom stereocenters. The molecule has 0 amide bonds. The van der Waals surface area contributed by atoms with E-state index in [0.717, 1.165) is 31.7 Å². The number of nitro benzene ring substituents is 2. The van der Waals surface area contributed by atoms with E-state index in [1.54, 1.807) is 12.1 Å². The van der Waals surface area contributed by atoms with Crippen LogP contribution in [0.2, 0.25) is 28.2 Å². The number of nitro groups is 2. The summed E-state index contributed by atoms with van der Waals surface area (Å²) in [5.41, 5.74) is -0.454. The molecule has 0 bridgehead atoms. The van der Waals surface area contributed by atoms with Crippen molar-refractivity contribution in [1.29, 1.82) is 0 Å². The van der Waals surface area contributed by atoms with Crippen molar-refractivity contribution in [3.05, 3.63) is 66.7 Å². The maximum absolute atomic E-state index is 11.2. The van der Waals surface area contributed by atoms with Crippen molar-refractivity contribution in [2.75, 3.05) is 0 Å². The molecule has 1 aliphatic carbocycles. The summed E-state index contributed by atoms with van der Waals surface area (Å²) in [7, 11) is -1.76. The highest BCUT2D eigenvalue weighted by molar-refractivity contribution is 6.74. The molecule has 0 heterocycles. The lowest BCUT2D eigenvalue weighted by atomic mass is 9.95. The van der Waals surface area contributed by atoms with Gasteiger partial charge in [-0.3, -0.25) is 20.2 Å². The lowest BCUT2D eigenvalue weighted by Gasteiger charge is -2.41. The molecule has 0 aliphatic heterocycles. The third-order valence-electron chi connectivity index (χ3n) is 6.43. The first-order valence-electron chi connectivity index (χ1n) is 11.5. The minimum atomic E-state index is -1.76. The Morgan fingerprint density at radius 3 is 1.83 bits per heavy atom. The molecule has 2 aromatic rings. The summed E-state index contributed by atoms with van der Waals surface area (Å²) >= 11 is 11.3. The zero-order valence-electron chi connectivity index (χ0n) is 21.0. The fourth-order valence-corrected chi connectivity index (χ4v) is 5.17. The second kappa shape index (κ2) is 12.2. The minimum absolute atomic E-state index is 0.0147. The van der Waals surface area contributed by atoms with Gasteiger partial charge in [0.2, 0.25) is 0 Å². The summed E-state index contributed by atoms with van der Waals surface area (Å²) in [6.45, 7) is 11.3. The van der Waals surface area contributed by atoms with Crippen LogP contribution in [0.25, 0.3) is 0 Å². The SMILES string of the molecule is CC(C)(C)[Si](C)(C)OC1CCC(Oc2ccc(Cl)cc2[N+](=O)[O-])CC1.O=[N+]([O-])c1cc(Cl)ccc1O. The van der Waals surface area contributed by atoms with Crippen molar-refractivity contribution in [3.8, 4) is 11.5 Å². The molecule has 2 aromatic carbocycles. The van der Waals surface area contributed by atoms with Gasteiger partial charge in [-0.1, -0.05) is 44.0 Å². The highest BCUT2D eigenvalue weighted by atomic mass is 35.5. The Kier molecular flexibility index (Phi) is 10.1. The molecule has 0 radical (unpaired) electrons. The molecule has 0 aromatic heterocycles. The highest BCUT2D eigenvalue weighted by Gasteiger charge is 2.40. The third-order valence-corrected chi connectivity index (χ3v) is 11.4. The van der Waals surface area contributed by atoms with Crippen LogP contribution in [-0.4, -0.2) is 35.5 Å². The van der Waals surface area contributed by atoms with Gasteiger partial charge in [-0.15, -0.1) is 0 Å². The zero-order chi connectivity index (χ0) is 27.3. The van der Waals surface area contributed by atoms with E-state index in [4.69, 9.17) is 37.5 Å². The van der Waals surface area contributed by atoms with E-state index < -0.39 is 18.2 Å². The number of phenols is 1. The third kappa shape index (κ3) is 8.33. The van der Waals surface area contributed by atoms with E-state index in [2.05, 4.69) is 33.9 Å². The quantitative estimate of drug-likeness (QED) is 0.216. The number of ether oxygens (including phenoxy) is 1. The molecule has 1 N–H and O–H groups in total. The fourth-order valence-electron chi connectivity index (χ4n) is 3.42. The van der Waals surface area contributed by atoms with Crippen LogP contribution < -0.4 is 4.74 Å². The zero-order valence-corrected chi connectivity index (χ0v) is 23.5. The first kappa shape index (κ1) is 29.8. The molecule has 0 spiro atoms. The lowest BCUT2D eigenvalue weighted by molar-refractivity contribution is -0.386. The van der Waals surface area contributed by atoms with Crippen molar-refractivity contribution in [2.45, 2.75) is 76.8 Å². The summed E-state index contributed by atoms with van der Waals surface area (Å²) < 4.78 is 12.4. The van der Waals surface area contributed by atoms with Gasteiger partial charge in [-0.05, 0) is 68.1 Å². The number of rotatable bonds is 6. The van der Waals surface area contributed by atoms with Crippen molar-refractivity contribution in [2.24, 2.45) is 0 Å². The molecule has 9 nitrogen and oxygen atoms in total. The smallest absolute Gasteiger partial charge is 0.312 e. The van der Waals surface area contributed by atoms with E-state index in [-0.39, 0.29) is 39.4 Å². The Labute approximate surface area is 221 Å². The van der Waals surface area contributed by atoms with Crippen molar-refractivity contribution in [1.82, 2.24) is 0 Å². The van der Waals surface area contributed by atoms with Crippen LogP contribution in [0.1, 0.15) is 46.5 Å². The molecule has 198 valence electrons. The fraction of sp³-hybridized carbons (Fsp3) is 0.500. The summed E-state index contributed by atoms with van der Waals surface area (Å²) in [6.07, 6.45) is 3.80. The molecule has 1 saturated carbocycles. The standard InChI is InChI=1S/C18H28ClNO4Si.C6H4ClNO3/c1-18(2,3)25(4,5)24-15-9-7-14(8-10-15)23-17-11-6-13(19)12-16(17)20(21)22;7-4-1-2-6(9)5(3-4)8(10)11/h6,11-12,14-15H,7-10H2,1-5H3;1-3,9H. The summed E-state index contributed by atoms with van der Waals surface area (Å²) in [6, 6.07) is 8.19. The van der Waals surface area contributed by atoms with Crippen LogP contribution in [0.15, 0.2) is 36.4 Å². The van der Waals surface area contributed by atoms with Crippen LogP contribution in [0, 0.1) is 20.2 Å². The number of hydrogen-bond donors (Lipinski definition) is 1. The maximum atomic E-state index is 11.2. The van der Waals surface area contributed by atoms with E-state index in [9.17, 15) is 20.2 Å². The minimum Gasteiger partial charge on any atom is -0.502 e. The Balaban J connectivity index is 0.000000346. The van der Waals surface area contributed by atoms with Crippen molar-refractivity contribution < 1.29 is 24.1 Å². The Hall–Kier alpha value is -2.40. The highest BCUT2D eigenvalue weighted by Crippen LogP contribution is 2.40. The number of aromatic hydroxyl groups is 1. The van der Waals surface area contributed by atoms with Crippen LogP contribution in [0.4, 0.5) is 11.4 Å². The first-order valence-corrected chi connectivity index (χ1v) is 15.2. The van der Waals surface area contributed by atoms with Gasteiger partial charge < -0.3 is 14.3 Å². The number of hydrogen-bond acceptors (Lipinski definition) is 7. The normalized spacial score (nSPS) is 18.1. The molecule has 1 fully saturated rings. The summed E-state index contributed by atoms with van der Waals surface area (Å²) in [5.74, 6) is -0.0810. The van der Waals surface area contributed by atoms with Gasteiger partial charge in [0.25, 0.3) is 0 Å². The summed E-state index contributed by atoms with van der Waals surface area (Å²) in [5, 5.41) is 31.0. The average Bonchev–Trinajstić information content (AvgIpc) is 2.77. The van der Waals surface area contributed by atoms with Gasteiger partial charge in [0.05, 0.1) is 16.0 Å². The van der Waals surface area contributed by atoms with Crippen LogP contribution >= 0.6 is 23.2 Å². The van der Waals surface area contributed by atoms with Crippen molar-refractivity contribution >= 4 is 42.9 Å². The molecule has 0 saturated heterocycles. The predicted octanol–water partition coefficient (Wildman–Crippen LogP) is 7.91. The van der Waals surface area contributed by atoms with Gasteiger partial charge in [0.1, 0.15) is 0 Å². The molecule has 0 atom stereocenters. The van der Waals surface area contributed by atoms with Gasteiger partial charge in [0, 0.05) is 28.3 Å². The topological polar surface area (TPSA) is 125 Å². The number of halogens is 2. The second-order valence-corrected chi connectivity index (χ2v) is 15.8. The van der Waals surface area contributed by atoms with Gasteiger partial charge in [-0.2, -0.15) is 0 Å². The predicted molar refractivity (Wildman–Crippen MR) is 143 cm³/mol. The maximum Gasteiger partial charge on any atom is 0.312 e. The van der Waals surface area contributed by atoms with Gasteiger partial charge >= 0.3 is 11.4 Å². The molecular formula is C24H32Cl2N2O7Si. The molecular weight excluding hydrogens is 527 g/mol. The molecule has 1 aliphatic rings. The Morgan fingerprint density at radius 2 is 1.36 bits per heavy atom. The first-order chi connectivity index (χ1) is 16.6. The Morgan fingerprint density at radius 1 is 0.889 bits per heavy atom. The Bertz CT molecular complexity index is 1080. The summed E-state index contributed by atoms with van der Waals surface area (Å²) in [4.78, 5) is 20.2. The van der Waals surface area contributed by atoms with Crippen molar-refractivity contribution in [3.63, 3.8) is 0 Å². The molecule has 3 rings (SSSR count). The van der Waals surface area contributed by atoms with Crippen LogP contribution in [-0.2, 0) is 4.43 Å². The van der Waals surface area contributed by atoms with Gasteiger partial charge in [-0.25, -0.2) is 0 Å². The number of nitrogens with zero attached hydrogens (tertiary/aromatic N) is 2. The van der Waals surface area contributed by atoms with E-state index in [1.807, 2.05) is 0 Å². The van der Waals surface area contributed by atoms with E-state index in [1.165, 1.54) is 18.2 Å². The van der Waals surface area contributed by atoms with Gasteiger partial charge in [0.15, 0.2) is 19.8 Å².